The number of guanidine groups is 1. The van der Waals surface area contributed by atoms with Crippen LogP contribution < -0.4 is 24.9 Å². The number of aromatic amines is 3. The largest absolute Gasteiger partial charge is 0.333 e. The van der Waals surface area contributed by atoms with Crippen LogP contribution in [-0.4, -0.2) is 48.6 Å². The molecule has 2 aliphatic rings. The third kappa shape index (κ3) is 4.79. The Bertz CT molecular complexity index is 2170. The van der Waals surface area contributed by atoms with E-state index in [2.05, 4.69) is 54.3 Å². The summed E-state index contributed by atoms with van der Waals surface area (Å²) in [5.74, 6) is 4.75. The van der Waals surface area contributed by atoms with Crippen LogP contribution in [0.3, 0.4) is 0 Å². The number of fused-ring (bicyclic) bond motifs is 8. The van der Waals surface area contributed by atoms with E-state index in [1.807, 2.05) is 125 Å². The first-order valence-electron chi connectivity index (χ1n) is 15.7. The zero-order valence-electron chi connectivity index (χ0n) is 25.6. The number of aliphatic imine (C=N–C) groups is 1. The van der Waals surface area contributed by atoms with Crippen molar-refractivity contribution in [1.29, 1.82) is 0 Å². The summed E-state index contributed by atoms with van der Waals surface area (Å²) in [5.41, 5.74) is 3.72. The van der Waals surface area contributed by atoms with Gasteiger partial charge < -0.3 is 20.3 Å². The van der Waals surface area contributed by atoms with Crippen LogP contribution in [0.5, 0.6) is 0 Å². The van der Waals surface area contributed by atoms with Crippen LogP contribution >= 0.6 is 0 Å². The highest BCUT2D eigenvalue weighted by Crippen LogP contribution is 2.39. The lowest BCUT2D eigenvalue weighted by Crippen LogP contribution is -2.48. The first kappa shape index (κ1) is 27.5. The molecule has 3 aromatic heterocycles. The normalized spacial score (nSPS) is 15.8. The molecule has 1 unspecified atom stereocenters. The highest BCUT2D eigenvalue weighted by Gasteiger charge is 2.33. The standard InChI is InChI=1S/C36H30N12/c1-5-13-25(14-6-1)45-29-21-38-34(41-29)47(27-17-9-3-10-18-27)31-23-40-36(43-31)48(28-19-11-4-12-20-28)32-24-39-35(44-32)46(26-15-7-2-8-16-26)30-22-37-33(45)42-30/h1-23,32H,24H2,(H,37,42)(H,38,41)(H,39,44)(H,40,43). The number of nitrogens with zero attached hydrogens (tertiary/aromatic N) is 8. The fourth-order valence-corrected chi connectivity index (χ4v) is 6.19. The molecule has 12 nitrogen and oxygen atoms in total. The van der Waals surface area contributed by atoms with Gasteiger partial charge in [0, 0.05) is 5.69 Å². The van der Waals surface area contributed by atoms with Crippen molar-refractivity contribution in [2.24, 2.45) is 4.99 Å². The molecule has 0 spiro atoms. The van der Waals surface area contributed by atoms with Crippen LogP contribution in [0, 0.1) is 0 Å². The minimum atomic E-state index is -0.246. The molecule has 2 aliphatic heterocycles. The second-order valence-electron chi connectivity index (χ2n) is 11.3. The SMILES string of the molecule is c1ccc(N2C3=NCC(N3)N(c3ccccc3)c3ncc([nH]3)N(c3ccccc3)c3ncc([nH]3)N(c3ccccc3)c3ncc2[nH]3)cc1. The van der Waals surface area contributed by atoms with Gasteiger partial charge >= 0.3 is 0 Å². The number of imidazole rings is 3. The summed E-state index contributed by atoms with van der Waals surface area (Å²) in [7, 11) is 0. The van der Waals surface area contributed by atoms with Crippen LogP contribution in [0.25, 0.3) is 0 Å². The lowest BCUT2D eigenvalue weighted by molar-refractivity contribution is 0.653. The van der Waals surface area contributed by atoms with Gasteiger partial charge in [0.1, 0.15) is 23.6 Å². The molecular formula is C36H30N12. The third-order valence-corrected chi connectivity index (χ3v) is 8.33. The van der Waals surface area contributed by atoms with Crippen molar-refractivity contribution in [2.75, 3.05) is 26.1 Å². The summed E-state index contributed by atoms with van der Waals surface area (Å²) >= 11 is 0. The molecule has 1 atom stereocenters. The molecule has 234 valence electrons. The first-order valence-corrected chi connectivity index (χ1v) is 15.7. The van der Waals surface area contributed by atoms with Gasteiger partial charge in [0.15, 0.2) is 0 Å². The third-order valence-electron chi connectivity index (χ3n) is 8.33. The number of anilines is 10. The van der Waals surface area contributed by atoms with Gasteiger partial charge in [0.2, 0.25) is 23.8 Å². The Balaban J connectivity index is 1.26. The van der Waals surface area contributed by atoms with Crippen molar-refractivity contribution in [3.8, 4) is 0 Å². The van der Waals surface area contributed by atoms with E-state index < -0.39 is 0 Å². The minimum Gasteiger partial charge on any atom is -0.333 e. The van der Waals surface area contributed by atoms with Gasteiger partial charge in [-0.3, -0.25) is 19.6 Å². The summed E-state index contributed by atoms with van der Waals surface area (Å²) in [6, 6.07) is 40.5. The Kier molecular flexibility index (Phi) is 6.60. The number of benzene rings is 4. The average molecular weight is 631 g/mol. The van der Waals surface area contributed by atoms with Gasteiger partial charge in [-0.05, 0) is 48.5 Å². The predicted molar refractivity (Wildman–Crippen MR) is 189 cm³/mol. The molecule has 0 saturated carbocycles. The molecule has 8 bridgehead atoms. The van der Waals surface area contributed by atoms with Gasteiger partial charge in [-0.25, -0.2) is 19.9 Å². The zero-order chi connectivity index (χ0) is 31.9. The van der Waals surface area contributed by atoms with E-state index in [-0.39, 0.29) is 6.17 Å². The van der Waals surface area contributed by atoms with E-state index in [9.17, 15) is 0 Å². The van der Waals surface area contributed by atoms with Crippen molar-refractivity contribution in [3.63, 3.8) is 0 Å². The number of hydrogen-bond acceptors (Lipinski definition) is 9. The lowest BCUT2D eigenvalue weighted by Gasteiger charge is -2.31. The molecule has 0 amide bonds. The van der Waals surface area contributed by atoms with Crippen LogP contribution in [0.2, 0.25) is 0 Å². The fourth-order valence-electron chi connectivity index (χ4n) is 6.19. The molecule has 12 heteroatoms. The fraction of sp³-hybridized carbons (Fsp3) is 0.0556. The van der Waals surface area contributed by atoms with E-state index in [4.69, 9.17) is 19.9 Å². The summed E-state index contributed by atoms with van der Waals surface area (Å²) in [5, 5.41) is 3.70. The van der Waals surface area contributed by atoms with Crippen molar-refractivity contribution in [1.82, 2.24) is 35.2 Å². The van der Waals surface area contributed by atoms with E-state index in [1.54, 1.807) is 0 Å². The number of hydrogen-bond donors (Lipinski definition) is 4. The van der Waals surface area contributed by atoms with Crippen LogP contribution in [0.1, 0.15) is 0 Å². The molecule has 7 aromatic rings. The van der Waals surface area contributed by atoms with E-state index >= 15 is 0 Å². The smallest absolute Gasteiger partial charge is 0.214 e. The van der Waals surface area contributed by atoms with E-state index in [0.717, 1.165) is 40.2 Å². The average Bonchev–Trinajstić information content (AvgIpc) is 3.98. The number of aromatic nitrogens is 6. The van der Waals surface area contributed by atoms with Crippen molar-refractivity contribution < 1.29 is 0 Å². The van der Waals surface area contributed by atoms with Crippen molar-refractivity contribution in [3.05, 3.63) is 140 Å². The molecule has 0 fully saturated rings. The Morgan fingerprint density at radius 2 is 0.854 bits per heavy atom. The van der Waals surface area contributed by atoms with Gasteiger partial charge in [-0.15, -0.1) is 0 Å². The molecule has 4 aromatic carbocycles. The summed E-state index contributed by atoms with van der Waals surface area (Å²) < 4.78 is 0. The second-order valence-corrected chi connectivity index (χ2v) is 11.3. The van der Waals surface area contributed by atoms with E-state index in [0.29, 0.717) is 30.3 Å². The Labute approximate surface area is 276 Å². The van der Waals surface area contributed by atoms with Gasteiger partial charge in [-0.1, -0.05) is 72.8 Å². The minimum absolute atomic E-state index is 0.246. The summed E-state index contributed by atoms with van der Waals surface area (Å²) in [6.07, 6.45) is 5.23. The van der Waals surface area contributed by atoms with Crippen molar-refractivity contribution in [2.45, 2.75) is 6.17 Å². The maximum Gasteiger partial charge on any atom is 0.214 e. The highest BCUT2D eigenvalue weighted by atomic mass is 15.5. The molecular weight excluding hydrogens is 600 g/mol. The molecule has 4 N–H and O–H groups in total. The quantitative estimate of drug-likeness (QED) is 0.159. The predicted octanol–water partition coefficient (Wildman–Crippen LogP) is 7.37. The number of nitrogens with one attached hydrogen (secondary N) is 4. The topological polar surface area (TPSA) is 123 Å². The maximum atomic E-state index is 5.05. The number of rotatable bonds is 4. The molecule has 48 heavy (non-hydrogen) atoms. The van der Waals surface area contributed by atoms with Crippen LogP contribution in [-0.2, 0) is 0 Å². The second kappa shape index (κ2) is 11.5. The monoisotopic (exact) mass is 630 g/mol. The number of para-hydroxylation sites is 4. The zero-order valence-corrected chi connectivity index (χ0v) is 25.6. The lowest BCUT2D eigenvalue weighted by atomic mass is 10.2. The molecule has 0 radical (unpaired) electrons. The maximum absolute atomic E-state index is 5.05. The highest BCUT2D eigenvalue weighted by molar-refractivity contribution is 6.03. The van der Waals surface area contributed by atoms with Crippen molar-refractivity contribution >= 4 is 64.0 Å². The van der Waals surface area contributed by atoms with E-state index in [1.165, 1.54) is 0 Å². The van der Waals surface area contributed by atoms with Gasteiger partial charge in [-0.2, -0.15) is 0 Å². The first-order chi connectivity index (χ1) is 23.8. The Morgan fingerprint density at radius 3 is 1.35 bits per heavy atom. The van der Waals surface area contributed by atoms with Crippen LogP contribution in [0.4, 0.5) is 58.0 Å². The molecule has 9 rings (SSSR count). The van der Waals surface area contributed by atoms with Crippen LogP contribution in [0.15, 0.2) is 145 Å². The summed E-state index contributed by atoms with van der Waals surface area (Å²) in [6.45, 7) is 0.476. The Morgan fingerprint density at radius 1 is 0.458 bits per heavy atom. The Hall–Kier alpha value is -6.82. The number of H-pyrrole nitrogens is 3. The molecule has 0 aliphatic carbocycles. The van der Waals surface area contributed by atoms with Gasteiger partial charge in [0.25, 0.3) is 0 Å². The van der Waals surface area contributed by atoms with Gasteiger partial charge in [0.05, 0.1) is 42.2 Å². The summed E-state index contributed by atoms with van der Waals surface area (Å²) in [4.78, 5) is 38.8. The molecule has 5 heterocycles. The molecule has 0 saturated heterocycles.